The third kappa shape index (κ3) is 8.61. The molecule has 420 valence electrons. The van der Waals surface area contributed by atoms with Crippen LogP contribution in [0.5, 0.6) is 0 Å². The lowest BCUT2D eigenvalue weighted by molar-refractivity contribution is 0.568. The number of allylic oxidation sites excluding steroid dienone is 1. The van der Waals surface area contributed by atoms with E-state index in [1.807, 2.05) is 0 Å². The molecular weight excluding hydrogens is 1030 g/mol. The fourth-order valence-corrected chi connectivity index (χ4v) is 14.9. The van der Waals surface area contributed by atoms with Crippen LogP contribution in [0.3, 0.4) is 0 Å². The smallest absolute Gasteiger partial charge is 0.0149 e. The molecule has 0 saturated carbocycles. The SMILES string of the molecule is CC(C)(C)c1cc(-c2c3c(c(-c4cc(C(C)(C)C)cc(C(C)(C)C)c4)c4cc5ccccc5cc24)-c2ccc4c5c2C3=CCC5c2c-4c(-c3cccc(-c4ccccc4)c3)c3ccccc3c2-c2cccc(-c3ccccc3)c2)cc(C(C)(C)C)c1. The minimum atomic E-state index is -0.0791. The number of hydrogen-bond donors (Lipinski definition) is 0. The Morgan fingerprint density at radius 2 is 0.651 bits per heavy atom. The highest BCUT2D eigenvalue weighted by molar-refractivity contribution is 6.25. The molecule has 3 aliphatic carbocycles. The molecule has 86 heavy (non-hydrogen) atoms. The van der Waals surface area contributed by atoms with Gasteiger partial charge in [-0.2, -0.15) is 0 Å². The molecule has 0 heteroatoms. The van der Waals surface area contributed by atoms with Crippen molar-refractivity contribution < 1.29 is 0 Å². The Morgan fingerprint density at radius 1 is 0.256 bits per heavy atom. The normalized spacial score (nSPS) is 14.4. The highest BCUT2D eigenvalue weighted by Gasteiger charge is 2.45. The van der Waals surface area contributed by atoms with Crippen molar-refractivity contribution in [1.29, 1.82) is 0 Å². The first-order valence-electron chi connectivity index (χ1n) is 31.3. The van der Waals surface area contributed by atoms with Gasteiger partial charge in [0.2, 0.25) is 0 Å². The van der Waals surface area contributed by atoms with Crippen molar-refractivity contribution in [3.8, 4) is 89.0 Å². The van der Waals surface area contributed by atoms with Crippen molar-refractivity contribution >= 4 is 37.9 Å². The zero-order chi connectivity index (χ0) is 59.3. The van der Waals surface area contributed by atoms with Gasteiger partial charge in [0, 0.05) is 5.92 Å². The first-order valence-corrected chi connectivity index (χ1v) is 31.3. The Bertz CT molecular complexity index is 4770. The molecule has 1 atom stereocenters. The monoisotopic (exact) mass is 1110 g/mol. The molecule has 12 aromatic rings. The molecule has 0 bridgehead atoms. The van der Waals surface area contributed by atoms with Crippen LogP contribution in [0.2, 0.25) is 0 Å². The summed E-state index contributed by atoms with van der Waals surface area (Å²) in [6.45, 7) is 28.6. The van der Waals surface area contributed by atoms with Gasteiger partial charge in [-0.25, -0.2) is 0 Å². The minimum Gasteiger partial charge on any atom is -0.0750 e. The highest BCUT2D eigenvalue weighted by atomic mass is 14.5. The van der Waals surface area contributed by atoms with E-state index in [1.54, 1.807) is 0 Å². The molecule has 0 aliphatic heterocycles. The van der Waals surface area contributed by atoms with Crippen LogP contribution in [0.15, 0.2) is 224 Å². The summed E-state index contributed by atoms with van der Waals surface area (Å²) in [6, 6.07) is 84.5. The van der Waals surface area contributed by atoms with Crippen LogP contribution in [0.25, 0.3) is 127 Å². The molecule has 15 rings (SSSR count). The van der Waals surface area contributed by atoms with E-state index in [9.17, 15) is 0 Å². The zero-order valence-electron chi connectivity index (χ0n) is 52.1. The summed E-state index contributed by atoms with van der Waals surface area (Å²) in [5.41, 5.74) is 33.0. The van der Waals surface area contributed by atoms with Crippen molar-refractivity contribution in [1.82, 2.24) is 0 Å². The quantitative estimate of drug-likeness (QED) is 0.146. The van der Waals surface area contributed by atoms with Crippen molar-refractivity contribution in [2.24, 2.45) is 0 Å². The lowest BCUT2D eigenvalue weighted by Crippen LogP contribution is -2.17. The molecular formula is C86H76. The van der Waals surface area contributed by atoms with Gasteiger partial charge in [0.05, 0.1) is 0 Å². The van der Waals surface area contributed by atoms with Crippen LogP contribution >= 0.6 is 0 Å². The predicted octanol–water partition coefficient (Wildman–Crippen LogP) is 24.3. The van der Waals surface area contributed by atoms with Gasteiger partial charge in [-0.15, -0.1) is 0 Å². The summed E-state index contributed by atoms with van der Waals surface area (Å²) < 4.78 is 0. The van der Waals surface area contributed by atoms with E-state index in [-0.39, 0.29) is 27.6 Å². The summed E-state index contributed by atoms with van der Waals surface area (Å²) in [7, 11) is 0. The van der Waals surface area contributed by atoms with Gasteiger partial charge in [0.25, 0.3) is 0 Å². The Balaban J connectivity index is 1.10. The van der Waals surface area contributed by atoms with Crippen molar-refractivity contribution in [2.45, 2.75) is 117 Å². The molecule has 0 nitrogen and oxygen atoms in total. The molecule has 12 aromatic carbocycles. The van der Waals surface area contributed by atoms with Gasteiger partial charge >= 0.3 is 0 Å². The van der Waals surface area contributed by atoms with Gasteiger partial charge < -0.3 is 0 Å². The average molecular weight is 1110 g/mol. The highest BCUT2D eigenvalue weighted by Crippen LogP contribution is 2.66. The number of fused-ring (bicyclic) bond motifs is 9. The molecule has 1 unspecified atom stereocenters. The van der Waals surface area contributed by atoms with Crippen LogP contribution in [0.1, 0.15) is 140 Å². The maximum Gasteiger partial charge on any atom is 0.0149 e. The first kappa shape index (κ1) is 53.9. The van der Waals surface area contributed by atoms with Crippen LogP contribution in [-0.4, -0.2) is 0 Å². The van der Waals surface area contributed by atoms with E-state index < -0.39 is 0 Å². The molecule has 0 aromatic heterocycles. The van der Waals surface area contributed by atoms with Crippen LogP contribution in [0.4, 0.5) is 0 Å². The summed E-state index contributed by atoms with van der Waals surface area (Å²) in [6.07, 6.45) is 3.58. The number of rotatable bonds is 6. The number of benzene rings is 12. The van der Waals surface area contributed by atoms with Crippen molar-refractivity contribution in [2.75, 3.05) is 0 Å². The lowest BCUT2D eigenvalue weighted by atomic mass is 9.75. The Morgan fingerprint density at radius 3 is 1.14 bits per heavy atom. The van der Waals surface area contributed by atoms with E-state index in [0.29, 0.717) is 0 Å². The van der Waals surface area contributed by atoms with Gasteiger partial charge in [0.1, 0.15) is 0 Å². The molecule has 0 heterocycles. The molecule has 0 spiro atoms. The second kappa shape index (κ2) is 19.3. The first-order chi connectivity index (χ1) is 41.2. The fourth-order valence-electron chi connectivity index (χ4n) is 14.9. The van der Waals surface area contributed by atoms with Crippen LogP contribution < -0.4 is 0 Å². The molecule has 0 radical (unpaired) electrons. The number of hydrogen-bond acceptors (Lipinski definition) is 0. The Labute approximate surface area is 510 Å². The summed E-state index contributed by atoms with van der Waals surface area (Å²) in [5.74, 6) is 0.112. The lowest BCUT2D eigenvalue weighted by Gasteiger charge is -2.29. The Hall–Kier alpha value is -8.84. The van der Waals surface area contributed by atoms with E-state index >= 15 is 0 Å². The minimum absolute atomic E-state index is 0.0779. The van der Waals surface area contributed by atoms with Gasteiger partial charge in [-0.05, 0) is 224 Å². The predicted molar refractivity (Wildman–Crippen MR) is 371 cm³/mol. The molecule has 0 fully saturated rings. The largest absolute Gasteiger partial charge is 0.0750 e. The molecule has 0 saturated heterocycles. The zero-order valence-corrected chi connectivity index (χ0v) is 52.1. The summed E-state index contributed by atoms with van der Waals surface area (Å²) in [4.78, 5) is 0. The molecule has 0 N–H and O–H groups in total. The fraction of sp³-hybridized carbons (Fsp3) is 0.209. The van der Waals surface area contributed by atoms with E-state index in [0.717, 1.165) is 6.42 Å². The van der Waals surface area contributed by atoms with Crippen molar-refractivity contribution in [3.63, 3.8) is 0 Å². The van der Waals surface area contributed by atoms with Gasteiger partial charge in [-0.3, -0.25) is 0 Å². The van der Waals surface area contributed by atoms with Crippen LogP contribution in [0, 0.1) is 0 Å². The third-order valence-electron chi connectivity index (χ3n) is 19.4. The second-order valence-corrected chi connectivity index (χ2v) is 29.2. The summed E-state index contributed by atoms with van der Waals surface area (Å²) >= 11 is 0. The third-order valence-corrected chi connectivity index (χ3v) is 19.4. The van der Waals surface area contributed by atoms with Crippen molar-refractivity contribution in [3.05, 3.63) is 269 Å². The van der Waals surface area contributed by atoms with E-state index in [2.05, 4.69) is 308 Å². The maximum atomic E-state index is 2.70. The summed E-state index contributed by atoms with van der Waals surface area (Å²) in [5, 5.41) is 7.72. The topological polar surface area (TPSA) is 0 Å². The average Bonchev–Trinajstić information content (AvgIpc) is 1.49. The van der Waals surface area contributed by atoms with E-state index in [1.165, 1.54) is 171 Å². The van der Waals surface area contributed by atoms with Gasteiger partial charge in [-0.1, -0.05) is 283 Å². The standard InChI is InChI=1S/C86H76/c1-83(2,3)61-43-59(44-62(49-61)84(4,5)6)75-71-47-55-29-19-20-30-56(55)48-72(71)76(60-45-63(85(7,8)9)50-64(46-60)86(10,11)12)82-70-40-38-68-77-67(37-39-69(78(70)77)81(75)82)79-73(57-33-23-31-53(41-57)51-25-15-13-16-26-51)65-35-21-22-36-66(65)74(80(68)79)58-34-24-32-54(42-58)52-27-17-14-18-28-52/h13-37,39-50,68H,38H2,1-12H3. The molecule has 3 aliphatic rings. The second-order valence-electron chi connectivity index (χ2n) is 29.2. The van der Waals surface area contributed by atoms with E-state index in [4.69, 9.17) is 0 Å². The van der Waals surface area contributed by atoms with Gasteiger partial charge in [0.15, 0.2) is 0 Å². The Kier molecular flexibility index (Phi) is 12.1. The molecule has 0 amide bonds. The van der Waals surface area contributed by atoms with Crippen LogP contribution in [-0.2, 0) is 21.7 Å². The maximum absolute atomic E-state index is 2.70.